The van der Waals surface area contributed by atoms with Crippen LogP contribution in [0.4, 0.5) is 8.78 Å². The summed E-state index contributed by atoms with van der Waals surface area (Å²) in [7, 11) is 1.76. The number of hydrogen-bond acceptors (Lipinski definition) is 5. The van der Waals surface area contributed by atoms with Crippen LogP contribution in [0.2, 0.25) is 0 Å². The highest BCUT2D eigenvalue weighted by Gasteiger charge is 2.14. The number of amides is 1. The lowest BCUT2D eigenvalue weighted by molar-refractivity contribution is 0.0949. The maximum Gasteiger partial charge on any atom is 0.254 e. The first-order valence-electron chi connectivity index (χ1n) is 8.78. The number of nitrogens with zero attached hydrogens (tertiary/aromatic N) is 3. The highest BCUT2D eigenvalue weighted by molar-refractivity contribution is 7.99. The Morgan fingerprint density at radius 3 is 2.52 bits per heavy atom. The van der Waals surface area contributed by atoms with Gasteiger partial charge in [-0.1, -0.05) is 23.9 Å². The van der Waals surface area contributed by atoms with Gasteiger partial charge in [0.1, 0.15) is 17.5 Å². The summed E-state index contributed by atoms with van der Waals surface area (Å²) in [6.07, 6.45) is 0.399. The number of carbonyl (C=O) groups is 2. The Morgan fingerprint density at radius 1 is 1.07 bits per heavy atom. The zero-order valence-electron chi connectivity index (χ0n) is 15.6. The molecule has 0 radical (unpaired) electrons. The van der Waals surface area contributed by atoms with Gasteiger partial charge in [-0.05, 0) is 36.4 Å². The number of thioether (sulfide) groups is 1. The van der Waals surface area contributed by atoms with E-state index < -0.39 is 17.5 Å². The standard InChI is InChI=1S/C20H18F2N4O2S/c1-26-18(10-11-23-19(28)15-4-2-3-5-16(15)22)24-25-20(26)29-12-17(27)13-6-8-14(21)9-7-13/h2-9H,10-12H2,1H3,(H,23,28). The molecule has 0 bridgehead atoms. The van der Waals surface area contributed by atoms with Gasteiger partial charge in [-0.3, -0.25) is 9.59 Å². The Labute approximate surface area is 170 Å². The van der Waals surface area contributed by atoms with Gasteiger partial charge < -0.3 is 9.88 Å². The molecule has 3 aromatic rings. The second-order valence-corrected chi connectivity index (χ2v) is 7.10. The molecule has 6 nitrogen and oxygen atoms in total. The van der Waals surface area contributed by atoms with Crippen molar-refractivity contribution in [2.24, 2.45) is 7.05 Å². The number of hydrogen-bond donors (Lipinski definition) is 1. The number of ketones is 1. The Morgan fingerprint density at radius 2 is 1.79 bits per heavy atom. The van der Waals surface area contributed by atoms with Crippen molar-refractivity contribution in [3.05, 3.63) is 77.1 Å². The summed E-state index contributed by atoms with van der Waals surface area (Å²) in [5.41, 5.74) is 0.415. The van der Waals surface area contributed by atoms with Gasteiger partial charge >= 0.3 is 0 Å². The zero-order valence-corrected chi connectivity index (χ0v) is 16.4. The number of nitrogens with one attached hydrogen (secondary N) is 1. The highest BCUT2D eigenvalue weighted by atomic mass is 32.2. The third-order valence-corrected chi connectivity index (χ3v) is 5.20. The van der Waals surface area contributed by atoms with Gasteiger partial charge in [0.2, 0.25) is 0 Å². The van der Waals surface area contributed by atoms with Crippen LogP contribution in [0, 0.1) is 11.6 Å². The van der Waals surface area contributed by atoms with E-state index in [4.69, 9.17) is 0 Å². The van der Waals surface area contributed by atoms with Crippen LogP contribution >= 0.6 is 11.8 Å². The molecule has 3 rings (SSSR count). The summed E-state index contributed by atoms with van der Waals surface area (Å²) >= 11 is 1.22. The quantitative estimate of drug-likeness (QED) is 0.451. The summed E-state index contributed by atoms with van der Waals surface area (Å²) in [5, 5.41) is 11.3. The van der Waals surface area contributed by atoms with E-state index >= 15 is 0 Å². The minimum Gasteiger partial charge on any atom is -0.351 e. The summed E-state index contributed by atoms with van der Waals surface area (Å²) < 4.78 is 28.3. The Bertz CT molecular complexity index is 1020. The van der Waals surface area contributed by atoms with Gasteiger partial charge in [0, 0.05) is 25.6 Å². The van der Waals surface area contributed by atoms with Crippen molar-refractivity contribution in [3.63, 3.8) is 0 Å². The molecule has 0 aliphatic rings. The van der Waals surface area contributed by atoms with Gasteiger partial charge in [-0.15, -0.1) is 10.2 Å². The molecule has 1 heterocycles. The van der Waals surface area contributed by atoms with Crippen molar-refractivity contribution in [2.45, 2.75) is 11.6 Å². The van der Waals surface area contributed by atoms with E-state index in [0.717, 1.165) is 0 Å². The van der Waals surface area contributed by atoms with Gasteiger partial charge in [0.05, 0.1) is 11.3 Å². The Balaban J connectivity index is 1.51. The topological polar surface area (TPSA) is 76.9 Å². The monoisotopic (exact) mass is 416 g/mol. The molecule has 0 saturated carbocycles. The van der Waals surface area contributed by atoms with Crippen LogP contribution in [0.25, 0.3) is 0 Å². The molecule has 0 spiro atoms. The Hall–Kier alpha value is -3.07. The number of aromatic nitrogens is 3. The largest absolute Gasteiger partial charge is 0.351 e. The van der Waals surface area contributed by atoms with E-state index in [9.17, 15) is 18.4 Å². The van der Waals surface area contributed by atoms with Crippen LogP contribution in [0.5, 0.6) is 0 Å². The predicted molar refractivity (Wildman–Crippen MR) is 105 cm³/mol. The predicted octanol–water partition coefficient (Wildman–Crippen LogP) is 3.04. The molecule has 0 atom stereocenters. The van der Waals surface area contributed by atoms with Crippen LogP contribution in [-0.2, 0) is 13.5 Å². The Kier molecular flexibility index (Phi) is 6.71. The molecule has 0 saturated heterocycles. The van der Waals surface area contributed by atoms with Gasteiger partial charge in [-0.25, -0.2) is 8.78 Å². The number of rotatable bonds is 8. The molecule has 150 valence electrons. The fraction of sp³-hybridized carbons (Fsp3) is 0.200. The van der Waals surface area contributed by atoms with Crippen LogP contribution in [0.3, 0.4) is 0 Å². The van der Waals surface area contributed by atoms with Crippen LogP contribution in [0.15, 0.2) is 53.7 Å². The van der Waals surface area contributed by atoms with E-state index in [1.807, 2.05) is 0 Å². The summed E-state index contributed by atoms with van der Waals surface area (Å²) in [5.74, 6) is -0.846. The first-order chi connectivity index (χ1) is 14.0. The van der Waals surface area contributed by atoms with Crippen molar-refractivity contribution >= 4 is 23.5 Å². The lowest BCUT2D eigenvalue weighted by Gasteiger charge is -2.06. The molecule has 1 aromatic heterocycles. The highest BCUT2D eigenvalue weighted by Crippen LogP contribution is 2.18. The molecule has 0 aliphatic heterocycles. The number of carbonyl (C=O) groups excluding carboxylic acids is 2. The van der Waals surface area contributed by atoms with E-state index in [-0.39, 0.29) is 23.6 Å². The van der Waals surface area contributed by atoms with E-state index in [2.05, 4.69) is 15.5 Å². The summed E-state index contributed by atoms with van der Waals surface area (Å²) in [6.45, 7) is 0.262. The first kappa shape index (κ1) is 20.7. The molecule has 1 N–H and O–H groups in total. The molecule has 0 unspecified atom stereocenters. The smallest absolute Gasteiger partial charge is 0.254 e. The second-order valence-electron chi connectivity index (χ2n) is 6.16. The maximum absolute atomic E-state index is 13.6. The van der Waals surface area contributed by atoms with Crippen molar-refractivity contribution in [2.75, 3.05) is 12.3 Å². The van der Waals surface area contributed by atoms with Crippen molar-refractivity contribution < 1.29 is 18.4 Å². The number of Topliss-reactive ketones (excluding diaryl/α,β-unsaturated/α-hetero) is 1. The van der Waals surface area contributed by atoms with E-state index in [0.29, 0.717) is 23.0 Å². The second kappa shape index (κ2) is 9.42. The fourth-order valence-electron chi connectivity index (χ4n) is 2.57. The number of halogens is 2. The molecular weight excluding hydrogens is 398 g/mol. The van der Waals surface area contributed by atoms with Gasteiger partial charge in [0.15, 0.2) is 10.9 Å². The van der Waals surface area contributed by atoms with Crippen molar-refractivity contribution in [3.8, 4) is 0 Å². The van der Waals surface area contributed by atoms with Crippen molar-refractivity contribution in [1.29, 1.82) is 0 Å². The lowest BCUT2D eigenvalue weighted by atomic mass is 10.1. The molecule has 9 heteroatoms. The van der Waals surface area contributed by atoms with Crippen LogP contribution in [0.1, 0.15) is 26.5 Å². The summed E-state index contributed by atoms with van der Waals surface area (Å²) in [4.78, 5) is 24.2. The molecule has 29 heavy (non-hydrogen) atoms. The SMILES string of the molecule is Cn1c(CCNC(=O)c2ccccc2F)nnc1SCC(=O)c1ccc(F)cc1. The van der Waals surface area contributed by atoms with Gasteiger partial charge in [-0.2, -0.15) is 0 Å². The maximum atomic E-state index is 13.6. The van der Waals surface area contributed by atoms with Crippen molar-refractivity contribution in [1.82, 2.24) is 20.1 Å². The minimum absolute atomic E-state index is 0.0129. The summed E-state index contributed by atoms with van der Waals surface area (Å²) in [6, 6.07) is 11.1. The zero-order chi connectivity index (χ0) is 20.8. The average Bonchev–Trinajstić information content (AvgIpc) is 3.06. The normalized spacial score (nSPS) is 10.7. The molecule has 0 aliphatic carbocycles. The van der Waals surface area contributed by atoms with E-state index in [1.54, 1.807) is 17.7 Å². The number of benzene rings is 2. The third-order valence-electron chi connectivity index (χ3n) is 4.18. The fourth-order valence-corrected chi connectivity index (χ4v) is 3.39. The molecule has 2 aromatic carbocycles. The first-order valence-corrected chi connectivity index (χ1v) is 9.77. The minimum atomic E-state index is -0.576. The lowest BCUT2D eigenvalue weighted by Crippen LogP contribution is -2.27. The average molecular weight is 416 g/mol. The molecule has 0 fully saturated rings. The van der Waals surface area contributed by atoms with E-state index in [1.165, 1.54) is 54.2 Å². The van der Waals surface area contributed by atoms with Crippen LogP contribution in [-0.4, -0.2) is 38.8 Å². The molecular formula is C20H18F2N4O2S. The van der Waals surface area contributed by atoms with Gasteiger partial charge in [0.25, 0.3) is 5.91 Å². The molecule has 1 amide bonds. The van der Waals surface area contributed by atoms with Crippen LogP contribution < -0.4 is 5.32 Å². The third kappa shape index (κ3) is 5.26.